The van der Waals surface area contributed by atoms with Crippen LogP contribution in [-0.2, 0) is 10.0 Å². The summed E-state index contributed by atoms with van der Waals surface area (Å²) in [4.78, 5) is 2.20. The van der Waals surface area contributed by atoms with Gasteiger partial charge in [-0.2, -0.15) is 4.31 Å². The SMILES string of the molecule is CCNc1ccc(N2CCN(S(=O)(=O)c3ccc(OCC)cc3OCC)CC2)nn1. The zero-order valence-corrected chi connectivity index (χ0v) is 18.5. The van der Waals surface area contributed by atoms with Gasteiger partial charge in [-0.15, -0.1) is 10.2 Å². The van der Waals surface area contributed by atoms with Gasteiger partial charge < -0.3 is 19.7 Å². The maximum Gasteiger partial charge on any atom is 0.246 e. The highest BCUT2D eigenvalue weighted by Crippen LogP contribution is 2.31. The van der Waals surface area contributed by atoms with E-state index in [-0.39, 0.29) is 4.90 Å². The molecule has 10 heteroatoms. The topological polar surface area (TPSA) is 96.9 Å². The van der Waals surface area contributed by atoms with Crippen molar-refractivity contribution in [2.24, 2.45) is 0 Å². The maximum absolute atomic E-state index is 13.3. The van der Waals surface area contributed by atoms with Gasteiger partial charge in [-0.25, -0.2) is 8.42 Å². The number of sulfonamides is 1. The fourth-order valence-electron chi connectivity index (χ4n) is 3.29. The van der Waals surface area contributed by atoms with E-state index in [2.05, 4.69) is 15.5 Å². The Morgan fingerprint density at radius 2 is 1.70 bits per heavy atom. The van der Waals surface area contributed by atoms with Crippen LogP contribution in [-0.4, -0.2) is 68.9 Å². The lowest BCUT2D eigenvalue weighted by molar-refractivity contribution is 0.314. The van der Waals surface area contributed by atoms with Crippen molar-refractivity contribution in [2.75, 3.05) is 56.2 Å². The number of aromatic nitrogens is 2. The van der Waals surface area contributed by atoms with Crippen molar-refractivity contribution in [2.45, 2.75) is 25.7 Å². The Kier molecular flexibility index (Phi) is 7.33. The van der Waals surface area contributed by atoms with E-state index in [9.17, 15) is 8.42 Å². The number of hydrogen-bond donors (Lipinski definition) is 1. The summed E-state index contributed by atoms with van der Waals surface area (Å²) in [5.74, 6) is 2.37. The Hall–Kier alpha value is -2.59. The van der Waals surface area contributed by atoms with Crippen LogP contribution in [0, 0.1) is 0 Å². The molecule has 2 heterocycles. The van der Waals surface area contributed by atoms with Crippen LogP contribution >= 0.6 is 0 Å². The van der Waals surface area contributed by atoms with Crippen molar-refractivity contribution >= 4 is 21.7 Å². The lowest BCUT2D eigenvalue weighted by Crippen LogP contribution is -2.49. The predicted molar refractivity (Wildman–Crippen MR) is 116 cm³/mol. The molecule has 0 saturated carbocycles. The third-order valence-corrected chi connectivity index (χ3v) is 6.65. The molecule has 0 amide bonds. The van der Waals surface area contributed by atoms with Crippen molar-refractivity contribution in [3.63, 3.8) is 0 Å². The molecule has 1 aromatic heterocycles. The van der Waals surface area contributed by atoms with Crippen molar-refractivity contribution in [3.8, 4) is 11.5 Å². The largest absolute Gasteiger partial charge is 0.494 e. The molecule has 0 atom stereocenters. The van der Waals surface area contributed by atoms with E-state index in [1.165, 1.54) is 4.31 Å². The first kappa shape index (κ1) is 22.1. The van der Waals surface area contributed by atoms with E-state index in [0.29, 0.717) is 50.9 Å². The Morgan fingerprint density at radius 1 is 0.967 bits per heavy atom. The summed E-state index contributed by atoms with van der Waals surface area (Å²) in [6.45, 7) is 9.13. The van der Waals surface area contributed by atoms with E-state index in [1.807, 2.05) is 37.8 Å². The van der Waals surface area contributed by atoms with E-state index in [0.717, 1.165) is 18.2 Å². The molecule has 0 unspecified atom stereocenters. The molecule has 1 aromatic carbocycles. The lowest BCUT2D eigenvalue weighted by Gasteiger charge is -2.34. The quantitative estimate of drug-likeness (QED) is 0.640. The third kappa shape index (κ3) is 4.93. The zero-order chi connectivity index (χ0) is 21.6. The highest BCUT2D eigenvalue weighted by molar-refractivity contribution is 7.89. The van der Waals surface area contributed by atoms with Crippen LogP contribution in [0.25, 0.3) is 0 Å². The van der Waals surface area contributed by atoms with Gasteiger partial charge in [0.15, 0.2) is 5.82 Å². The van der Waals surface area contributed by atoms with E-state index >= 15 is 0 Å². The molecule has 0 radical (unpaired) electrons. The second kappa shape index (κ2) is 9.94. The van der Waals surface area contributed by atoms with Crippen LogP contribution in [0.4, 0.5) is 11.6 Å². The van der Waals surface area contributed by atoms with Crippen molar-refractivity contribution in [3.05, 3.63) is 30.3 Å². The lowest BCUT2D eigenvalue weighted by atomic mass is 10.3. The molecule has 1 aliphatic rings. The van der Waals surface area contributed by atoms with Crippen LogP contribution in [0.5, 0.6) is 11.5 Å². The van der Waals surface area contributed by atoms with Crippen molar-refractivity contribution < 1.29 is 17.9 Å². The summed E-state index contributed by atoms with van der Waals surface area (Å²) in [5, 5.41) is 11.5. The van der Waals surface area contributed by atoms with Gasteiger partial charge in [0.25, 0.3) is 0 Å². The predicted octanol–water partition coefficient (Wildman–Crippen LogP) is 2.22. The Morgan fingerprint density at radius 3 is 2.30 bits per heavy atom. The number of anilines is 2. The van der Waals surface area contributed by atoms with Gasteiger partial charge in [0.2, 0.25) is 10.0 Å². The van der Waals surface area contributed by atoms with Gasteiger partial charge in [-0.1, -0.05) is 0 Å². The first-order valence-electron chi connectivity index (χ1n) is 10.2. The van der Waals surface area contributed by atoms with Crippen LogP contribution in [0.1, 0.15) is 20.8 Å². The highest BCUT2D eigenvalue weighted by Gasteiger charge is 2.31. The van der Waals surface area contributed by atoms with Crippen LogP contribution in [0.3, 0.4) is 0 Å². The smallest absolute Gasteiger partial charge is 0.246 e. The summed E-state index contributed by atoms with van der Waals surface area (Å²) >= 11 is 0. The maximum atomic E-state index is 13.3. The first-order valence-corrected chi connectivity index (χ1v) is 11.7. The number of ether oxygens (including phenoxy) is 2. The number of benzene rings is 1. The molecule has 3 rings (SSSR count). The summed E-state index contributed by atoms with van der Waals surface area (Å²) in [6, 6.07) is 8.63. The van der Waals surface area contributed by atoms with Gasteiger partial charge in [-0.3, -0.25) is 0 Å². The number of hydrogen-bond acceptors (Lipinski definition) is 8. The molecule has 1 saturated heterocycles. The second-order valence-electron chi connectivity index (χ2n) is 6.67. The van der Waals surface area contributed by atoms with E-state index in [1.54, 1.807) is 18.2 Å². The number of nitrogens with one attached hydrogen (secondary N) is 1. The average Bonchev–Trinajstić information content (AvgIpc) is 2.75. The van der Waals surface area contributed by atoms with Crippen molar-refractivity contribution in [1.29, 1.82) is 0 Å². The fraction of sp³-hybridized carbons (Fsp3) is 0.500. The van der Waals surface area contributed by atoms with Gasteiger partial charge in [0, 0.05) is 38.8 Å². The molecule has 30 heavy (non-hydrogen) atoms. The molecular formula is C20H29N5O4S. The standard InChI is InChI=1S/C20H29N5O4S/c1-4-21-19-9-10-20(23-22-19)24-11-13-25(14-12-24)30(26,27)18-8-7-16(28-5-2)15-17(18)29-6-3/h7-10,15H,4-6,11-14H2,1-3H3,(H,21,22). The molecule has 164 valence electrons. The summed E-state index contributed by atoms with van der Waals surface area (Å²) in [7, 11) is -3.69. The third-order valence-electron chi connectivity index (χ3n) is 4.71. The average molecular weight is 436 g/mol. The Bertz CT molecular complexity index is 929. The second-order valence-corrected chi connectivity index (χ2v) is 8.58. The Balaban J connectivity index is 1.72. The fourth-order valence-corrected chi connectivity index (χ4v) is 4.83. The van der Waals surface area contributed by atoms with Crippen LogP contribution < -0.4 is 19.7 Å². The molecule has 2 aromatic rings. The number of piperazine rings is 1. The minimum atomic E-state index is -3.69. The molecule has 0 bridgehead atoms. The van der Waals surface area contributed by atoms with Gasteiger partial charge in [0.05, 0.1) is 13.2 Å². The van der Waals surface area contributed by atoms with E-state index < -0.39 is 10.0 Å². The molecule has 0 spiro atoms. The van der Waals surface area contributed by atoms with Crippen LogP contribution in [0.2, 0.25) is 0 Å². The molecule has 1 aliphatic heterocycles. The monoisotopic (exact) mass is 435 g/mol. The highest BCUT2D eigenvalue weighted by atomic mass is 32.2. The van der Waals surface area contributed by atoms with Crippen LogP contribution in [0.15, 0.2) is 35.2 Å². The first-order chi connectivity index (χ1) is 14.5. The zero-order valence-electron chi connectivity index (χ0n) is 17.7. The molecule has 1 N–H and O–H groups in total. The summed E-state index contributed by atoms with van der Waals surface area (Å²) in [6.07, 6.45) is 0. The van der Waals surface area contributed by atoms with Gasteiger partial charge in [-0.05, 0) is 45.0 Å². The van der Waals surface area contributed by atoms with Gasteiger partial charge >= 0.3 is 0 Å². The number of rotatable bonds is 9. The normalized spacial score (nSPS) is 15.1. The van der Waals surface area contributed by atoms with E-state index in [4.69, 9.17) is 9.47 Å². The minimum Gasteiger partial charge on any atom is -0.494 e. The Labute approximate surface area is 178 Å². The molecule has 9 nitrogen and oxygen atoms in total. The minimum absolute atomic E-state index is 0.163. The van der Waals surface area contributed by atoms with Gasteiger partial charge in [0.1, 0.15) is 22.2 Å². The summed E-state index contributed by atoms with van der Waals surface area (Å²) in [5.41, 5.74) is 0. The summed E-state index contributed by atoms with van der Waals surface area (Å²) < 4.78 is 39.1. The molecule has 0 aliphatic carbocycles. The number of nitrogens with zero attached hydrogens (tertiary/aromatic N) is 4. The molecular weight excluding hydrogens is 406 g/mol. The van der Waals surface area contributed by atoms with Crippen molar-refractivity contribution in [1.82, 2.24) is 14.5 Å². The molecule has 1 fully saturated rings.